The third-order valence-electron chi connectivity index (χ3n) is 13.1. The molecule has 2 aliphatic rings. The molecule has 0 amide bonds. The predicted octanol–water partition coefficient (Wildman–Crippen LogP) is 16.2. The third-order valence-corrected chi connectivity index (χ3v) is 13.1. The smallest absolute Gasteiger partial charge is 0.0731 e. The number of hydrogen-bond acceptors (Lipinski definition) is 1. The molecule has 0 N–H and O–H groups in total. The van der Waals surface area contributed by atoms with Gasteiger partial charge >= 0.3 is 0 Å². The highest BCUT2D eigenvalue weighted by Crippen LogP contribution is 2.64. The Kier molecular flexibility index (Phi) is 8.47. The summed E-state index contributed by atoms with van der Waals surface area (Å²) in [7, 11) is 0. The Hall–Kier alpha value is -8.00. The van der Waals surface area contributed by atoms with Gasteiger partial charge in [0.2, 0.25) is 0 Å². The van der Waals surface area contributed by atoms with Crippen LogP contribution in [-0.4, -0.2) is 0 Å². The minimum absolute atomic E-state index is 0.400. The van der Waals surface area contributed by atoms with E-state index >= 15 is 0 Å². The number of benzene rings is 10. The Balaban J connectivity index is 0.957. The van der Waals surface area contributed by atoms with Crippen molar-refractivity contribution in [2.75, 3.05) is 4.90 Å². The van der Waals surface area contributed by atoms with Gasteiger partial charge in [0.25, 0.3) is 0 Å². The lowest BCUT2D eigenvalue weighted by molar-refractivity contribution is 0.796. The molecule has 10 aromatic carbocycles. The molecule has 12 rings (SSSR count). The highest BCUT2D eigenvalue weighted by molar-refractivity contribution is 5.99. The maximum Gasteiger partial charge on any atom is 0.0731 e. The standard InChI is InChI=1S/C61H41N/c1-3-16-42(17-4-1)44-36-38-49(39-37-44)62(50-22-13-20-47(40-50)43-18-5-2-6-19-43)51-23-14-21-48(41-51)45-32-34-46(35-33-45)52-27-15-28-56-55-26-9-12-31-59(55)61(60(52)56)57-29-10-7-24-53(57)54-25-8-11-30-58(54)61/h1-41H. The van der Waals surface area contributed by atoms with E-state index in [0.717, 1.165) is 17.1 Å². The van der Waals surface area contributed by atoms with Crippen LogP contribution in [0, 0.1) is 0 Å². The van der Waals surface area contributed by atoms with Crippen molar-refractivity contribution in [1.29, 1.82) is 0 Å². The van der Waals surface area contributed by atoms with E-state index in [4.69, 9.17) is 0 Å². The molecule has 0 aliphatic heterocycles. The van der Waals surface area contributed by atoms with Gasteiger partial charge in [-0.1, -0.05) is 212 Å². The van der Waals surface area contributed by atoms with Crippen molar-refractivity contribution in [3.8, 4) is 66.8 Å². The van der Waals surface area contributed by atoms with E-state index in [1.165, 1.54) is 89.0 Å². The highest BCUT2D eigenvalue weighted by atomic mass is 15.1. The number of anilines is 3. The normalized spacial score (nSPS) is 12.6. The SMILES string of the molecule is c1ccc(-c2ccc(N(c3cccc(-c4ccccc4)c3)c3cccc(-c4ccc(-c5cccc6c5C5(c7ccccc7-c7ccccc75)c5ccccc5-6)cc4)c3)cc2)cc1. The summed E-state index contributed by atoms with van der Waals surface area (Å²) in [6, 6.07) is 91.3. The van der Waals surface area contributed by atoms with E-state index in [2.05, 4.69) is 254 Å². The first-order valence-corrected chi connectivity index (χ1v) is 21.5. The molecular formula is C61H41N. The molecule has 0 heterocycles. The first-order valence-electron chi connectivity index (χ1n) is 21.5. The van der Waals surface area contributed by atoms with Gasteiger partial charge in [-0.05, 0) is 125 Å². The lowest BCUT2D eigenvalue weighted by Gasteiger charge is -2.32. The van der Waals surface area contributed by atoms with Gasteiger partial charge in [0, 0.05) is 17.1 Å². The van der Waals surface area contributed by atoms with Crippen LogP contribution in [0.3, 0.4) is 0 Å². The first kappa shape index (κ1) is 35.9. The number of fused-ring (bicyclic) bond motifs is 10. The maximum absolute atomic E-state index is 2.38. The van der Waals surface area contributed by atoms with Crippen LogP contribution in [0.2, 0.25) is 0 Å². The second-order valence-corrected chi connectivity index (χ2v) is 16.4. The topological polar surface area (TPSA) is 3.24 Å². The summed E-state index contributed by atoms with van der Waals surface area (Å²) >= 11 is 0. The molecule has 0 radical (unpaired) electrons. The molecule has 0 bridgehead atoms. The molecule has 1 spiro atoms. The molecule has 1 nitrogen and oxygen atoms in total. The largest absolute Gasteiger partial charge is 0.310 e. The van der Waals surface area contributed by atoms with E-state index in [0.29, 0.717) is 0 Å². The van der Waals surface area contributed by atoms with Crippen molar-refractivity contribution >= 4 is 17.1 Å². The molecular weight excluding hydrogens is 747 g/mol. The van der Waals surface area contributed by atoms with E-state index in [1.54, 1.807) is 0 Å². The predicted molar refractivity (Wildman–Crippen MR) is 259 cm³/mol. The van der Waals surface area contributed by atoms with Gasteiger partial charge in [-0.25, -0.2) is 0 Å². The van der Waals surface area contributed by atoms with Crippen LogP contribution in [0.5, 0.6) is 0 Å². The minimum atomic E-state index is -0.400. The van der Waals surface area contributed by atoms with E-state index in [-0.39, 0.29) is 0 Å². The lowest BCUT2D eigenvalue weighted by atomic mass is 9.68. The fourth-order valence-electron chi connectivity index (χ4n) is 10.4. The zero-order chi connectivity index (χ0) is 41.0. The minimum Gasteiger partial charge on any atom is -0.310 e. The van der Waals surface area contributed by atoms with Crippen LogP contribution in [0.25, 0.3) is 66.8 Å². The van der Waals surface area contributed by atoms with Crippen LogP contribution in [0.1, 0.15) is 22.3 Å². The van der Waals surface area contributed by atoms with Crippen molar-refractivity contribution in [2.24, 2.45) is 0 Å². The monoisotopic (exact) mass is 787 g/mol. The Labute approximate surface area is 363 Å². The average Bonchev–Trinajstić information content (AvgIpc) is 3.83. The van der Waals surface area contributed by atoms with Crippen molar-refractivity contribution in [1.82, 2.24) is 0 Å². The number of nitrogens with zero attached hydrogens (tertiary/aromatic N) is 1. The van der Waals surface area contributed by atoms with Gasteiger partial charge in [0.15, 0.2) is 0 Å². The molecule has 0 saturated heterocycles. The first-order chi connectivity index (χ1) is 30.8. The summed E-state index contributed by atoms with van der Waals surface area (Å²) in [6.45, 7) is 0. The molecule has 10 aromatic rings. The van der Waals surface area contributed by atoms with Crippen molar-refractivity contribution in [3.63, 3.8) is 0 Å². The van der Waals surface area contributed by atoms with Gasteiger partial charge in [0.1, 0.15) is 0 Å². The van der Waals surface area contributed by atoms with E-state index in [9.17, 15) is 0 Å². The summed E-state index contributed by atoms with van der Waals surface area (Å²) in [4.78, 5) is 2.38. The highest BCUT2D eigenvalue weighted by Gasteiger charge is 2.52. The Bertz CT molecular complexity index is 3210. The summed E-state index contributed by atoms with van der Waals surface area (Å²) in [5.41, 5.74) is 23.3. The van der Waals surface area contributed by atoms with Crippen LogP contribution in [0.15, 0.2) is 249 Å². The van der Waals surface area contributed by atoms with E-state index < -0.39 is 5.41 Å². The summed E-state index contributed by atoms with van der Waals surface area (Å²) in [5.74, 6) is 0. The van der Waals surface area contributed by atoms with Gasteiger partial charge in [0.05, 0.1) is 5.41 Å². The van der Waals surface area contributed by atoms with Crippen molar-refractivity contribution < 1.29 is 0 Å². The summed E-state index contributed by atoms with van der Waals surface area (Å²) in [5, 5.41) is 0. The molecule has 0 aromatic heterocycles. The zero-order valence-corrected chi connectivity index (χ0v) is 34.1. The van der Waals surface area contributed by atoms with Gasteiger partial charge in [-0.3, -0.25) is 0 Å². The Morgan fingerprint density at radius 3 is 1.13 bits per heavy atom. The average molecular weight is 788 g/mol. The van der Waals surface area contributed by atoms with Crippen LogP contribution in [0.4, 0.5) is 17.1 Å². The van der Waals surface area contributed by atoms with Crippen LogP contribution in [-0.2, 0) is 5.41 Å². The lowest BCUT2D eigenvalue weighted by Crippen LogP contribution is -2.26. The molecule has 0 atom stereocenters. The maximum atomic E-state index is 2.38. The van der Waals surface area contributed by atoms with Crippen molar-refractivity contribution in [3.05, 3.63) is 271 Å². The Morgan fingerprint density at radius 1 is 0.226 bits per heavy atom. The van der Waals surface area contributed by atoms with Gasteiger partial charge in [-0.15, -0.1) is 0 Å². The third kappa shape index (κ3) is 5.63. The molecule has 0 saturated carbocycles. The molecule has 290 valence electrons. The Morgan fingerprint density at radius 2 is 0.581 bits per heavy atom. The molecule has 1 heteroatoms. The number of rotatable bonds is 7. The van der Waals surface area contributed by atoms with Gasteiger partial charge in [-0.2, -0.15) is 0 Å². The molecule has 2 aliphatic carbocycles. The van der Waals surface area contributed by atoms with Gasteiger partial charge < -0.3 is 4.90 Å². The fourth-order valence-corrected chi connectivity index (χ4v) is 10.4. The molecule has 0 fully saturated rings. The summed E-state index contributed by atoms with van der Waals surface area (Å²) in [6.07, 6.45) is 0. The van der Waals surface area contributed by atoms with Crippen molar-refractivity contribution in [2.45, 2.75) is 5.41 Å². The zero-order valence-electron chi connectivity index (χ0n) is 34.1. The molecule has 0 unspecified atom stereocenters. The quantitative estimate of drug-likeness (QED) is 0.155. The fraction of sp³-hybridized carbons (Fsp3) is 0.0164. The summed E-state index contributed by atoms with van der Waals surface area (Å²) < 4.78 is 0. The molecule has 62 heavy (non-hydrogen) atoms. The van der Waals surface area contributed by atoms with Crippen LogP contribution < -0.4 is 4.90 Å². The van der Waals surface area contributed by atoms with E-state index in [1.807, 2.05) is 0 Å². The van der Waals surface area contributed by atoms with Crippen LogP contribution >= 0.6 is 0 Å². The number of hydrogen-bond donors (Lipinski definition) is 0. The second-order valence-electron chi connectivity index (χ2n) is 16.4. The second kappa shape index (κ2) is 14.6.